The molecule has 1 atom stereocenters. The van der Waals surface area contributed by atoms with E-state index in [2.05, 4.69) is 32.9 Å². The van der Waals surface area contributed by atoms with Gasteiger partial charge in [0.1, 0.15) is 13.2 Å². The fourth-order valence-electron chi connectivity index (χ4n) is 10.3. The number of rotatable bonds is 62. The van der Waals surface area contributed by atoms with E-state index in [1.54, 1.807) is 0 Å². The molecule has 6 heteroatoms. The largest absolute Gasteiger partial charge is 0.462 e. The van der Waals surface area contributed by atoms with Crippen LogP contribution in [0.25, 0.3) is 0 Å². The van der Waals surface area contributed by atoms with Crippen molar-refractivity contribution in [2.45, 2.75) is 386 Å². The Kier molecular flexibility index (Phi) is 61.1. The molecule has 432 valence electrons. The maximum Gasteiger partial charge on any atom is 0.306 e. The van der Waals surface area contributed by atoms with E-state index in [9.17, 15) is 14.4 Å². The molecule has 0 saturated carbocycles. The molecule has 6 nitrogen and oxygen atoms in total. The van der Waals surface area contributed by atoms with Crippen LogP contribution in [0.1, 0.15) is 380 Å². The first-order valence-corrected chi connectivity index (χ1v) is 33.2. The van der Waals surface area contributed by atoms with Crippen LogP contribution in [0.5, 0.6) is 0 Å². The molecule has 0 radical (unpaired) electrons. The van der Waals surface area contributed by atoms with Gasteiger partial charge >= 0.3 is 17.9 Å². The van der Waals surface area contributed by atoms with Gasteiger partial charge in [0.25, 0.3) is 0 Å². The van der Waals surface area contributed by atoms with Gasteiger partial charge in [-0.2, -0.15) is 0 Å². The van der Waals surface area contributed by atoms with Crippen molar-refractivity contribution in [2.75, 3.05) is 13.2 Å². The van der Waals surface area contributed by atoms with Crippen LogP contribution >= 0.6 is 0 Å². The predicted molar refractivity (Wildman–Crippen MR) is 317 cm³/mol. The minimum atomic E-state index is -0.767. The summed E-state index contributed by atoms with van der Waals surface area (Å²) in [6.45, 7) is 6.60. The normalized spacial score (nSPS) is 12.0. The molecule has 0 saturated heterocycles. The Bertz CT molecular complexity index is 1130. The van der Waals surface area contributed by atoms with E-state index in [-0.39, 0.29) is 31.1 Å². The van der Waals surface area contributed by atoms with E-state index < -0.39 is 6.10 Å². The van der Waals surface area contributed by atoms with Crippen molar-refractivity contribution in [3.8, 4) is 0 Å². The summed E-state index contributed by atoms with van der Waals surface area (Å²) >= 11 is 0. The van der Waals surface area contributed by atoms with Crippen molar-refractivity contribution >= 4 is 17.9 Å². The number of unbranched alkanes of at least 4 members (excludes halogenated alkanes) is 49. The molecule has 0 heterocycles. The van der Waals surface area contributed by atoms with Gasteiger partial charge in [-0.25, -0.2) is 0 Å². The van der Waals surface area contributed by atoms with E-state index >= 15 is 0 Å². The molecule has 0 spiro atoms. The molecular weight excluding hydrogens is 901 g/mol. The molecular formula is C67H128O6. The SMILES string of the molecule is CCCCCCCC/C=C\CCCCCCCC(=O)OC(COC(=O)CCCCCCC)COC(=O)CCCCCCCCCCCCCCCCCCCCCCCCCCCCCCCCCCCCC. The summed E-state index contributed by atoms with van der Waals surface area (Å²) in [5.41, 5.74) is 0. The number of hydrogen-bond acceptors (Lipinski definition) is 6. The fourth-order valence-corrected chi connectivity index (χ4v) is 10.3. The van der Waals surface area contributed by atoms with Gasteiger partial charge in [-0.3, -0.25) is 14.4 Å². The fraction of sp³-hybridized carbons (Fsp3) is 0.925. The van der Waals surface area contributed by atoms with E-state index in [0.717, 1.165) is 70.6 Å². The molecule has 0 aliphatic carbocycles. The molecule has 0 aromatic heterocycles. The predicted octanol–water partition coefficient (Wildman–Crippen LogP) is 22.4. The van der Waals surface area contributed by atoms with Crippen LogP contribution in [0.4, 0.5) is 0 Å². The van der Waals surface area contributed by atoms with Gasteiger partial charge < -0.3 is 14.2 Å². The molecule has 0 aliphatic rings. The lowest BCUT2D eigenvalue weighted by Gasteiger charge is -2.18. The zero-order chi connectivity index (χ0) is 52.9. The van der Waals surface area contributed by atoms with Crippen LogP contribution in [0.3, 0.4) is 0 Å². The molecule has 0 fully saturated rings. The van der Waals surface area contributed by atoms with E-state index in [1.807, 2.05) is 0 Å². The Morgan fingerprint density at radius 3 is 0.685 bits per heavy atom. The van der Waals surface area contributed by atoms with Crippen LogP contribution in [0, 0.1) is 0 Å². The molecule has 0 aromatic carbocycles. The smallest absolute Gasteiger partial charge is 0.306 e. The minimum absolute atomic E-state index is 0.0690. The summed E-state index contributed by atoms with van der Waals surface area (Å²) in [6, 6.07) is 0. The summed E-state index contributed by atoms with van der Waals surface area (Å²) in [4.78, 5) is 37.8. The third-order valence-electron chi connectivity index (χ3n) is 15.3. The number of carbonyl (C=O) groups is 3. The van der Waals surface area contributed by atoms with Crippen LogP contribution in [0.2, 0.25) is 0 Å². The Morgan fingerprint density at radius 2 is 0.452 bits per heavy atom. The lowest BCUT2D eigenvalue weighted by molar-refractivity contribution is -0.167. The highest BCUT2D eigenvalue weighted by atomic mass is 16.6. The van der Waals surface area contributed by atoms with Crippen LogP contribution in [-0.2, 0) is 28.6 Å². The lowest BCUT2D eigenvalue weighted by atomic mass is 10.0. The van der Waals surface area contributed by atoms with Crippen molar-refractivity contribution in [1.82, 2.24) is 0 Å². The molecule has 0 aliphatic heterocycles. The van der Waals surface area contributed by atoms with Crippen LogP contribution in [0.15, 0.2) is 12.2 Å². The summed E-state index contributed by atoms with van der Waals surface area (Å²) in [6.07, 6.45) is 74.5. The monoisotopic (exact) mass is 1030 g/mol. The first-order valence-electron chi connectivity index (χ1n) is 33.2. The van der Waals surface area contributed by atoms with Crippen molar-refractivity contribution in [1.29, 1.82) is 0 Å². The molecule has 73 heavy (non-hydrogen) atoms. The van der Waals surface area contributed by atoms with Gasteiger partial charge in [0, 0.05) is 19.3 Å². The average molecular weight is 1030 g/mol. The quantitative estimate of drug-likeness (QED) is 0.0261. The molecule has 0 N–H and O–H groups in total. The first kappa shape index (κ1) is 71.2. The van der Waals surface area contributed by atoms with Crippen LogP contribution < -0.4 is 0 Å². The maximum atomic E-state index is 12.8. The van der Waals surface area contributed by atoms with E-state index in [1.165, 1.54) is 270 Å². The molecule has 0 amide bonds. The first-order chi connectivity index (χ1) is 36.0. The topological polar surface area (TPSA) is 78.9 Å². The zero-order valence-electron chi connectivity index (χ0n) is 49.7. The number of esters is 3. The van der Waals surface area contributed by atoms with Gasteiger partial charge in [0.05, 0.1) is 0 Å². The van der Waals surface area contributed by atoms with Crippen molar-refractivity contribution < 1.29 is 28.6 Å². The number of allylic oxidation sites excluding steroid dienone is 2. The second-order valence-corrected chi connectivity index (χ2v) is 22.7. The van der Waals surface area contributed by atoms with Gasteiger partial charge in [0.2, 0.25) is 0 Å². The highest BCUT2D eigenvalue weighted by molar-refractivity contribution is 5.71. The molecule has 1 unspecified atom stereocenters. The average Bonchev–Trinajstić information content (AvgIpc) is 3.39. The van der Waals surface area contributed by atoms with Gasteiger partial charge in [-0.05, 0) is 44.9 Å². The number of ether oxygens (including phenoxy) is 3. The second kappa shape index (κ2) is 62.7. The summed E-state index contributed by atoms with van der Waals surface area (Å²) < 4.78 is 16.7. The van der Waals surface area contributed by atoms with Crippen molar-refractivity contribution in [3.05, 3.63) is 12.2 Å². The Labute approximate surface area is 456 Å². The highest BCUT2D eigenvalue weighted by Gasteiger charge is 2.19. The molecule has 0 bridgehead atoms. The third kappa shape index (κ3) is 60.9. The highest BCUT2D eigenvalue weighted by Crippen LogP contribution is 2.19. The van der Waals surface area contributed by atoms with Crippen molar-refractivity contribution in [2.24, 2.45) is 0 Å². The Balaban J connectivity index is 3.81. The summed E-state index contributed by atoms with van der Waals surface area (Å²) in [7, 11) is 0. The summed E-state index contributed by atoms with van der Waals surface area (Å²) in [5, 5.41) is 0. The van der Waals surface area contributed by atoms with Crippen molar-refractivity contribution in [3.63, 3.8) is 0 Å². The maximum absolute atomic E-state index is 12.8. The zero-order valence-corrected chi connectivity index (χ0v) is 49.7. The number of hydrogen-bond donors (Lipinski definition) is 0. The van der Waals surface area contributed by atoms with E-state index in [4.69, 9.17) is 14.2 Å². The molecule has 0 rings (SSSR count). The minimum Gasteiger partial charge on any atom is -0.462 e. The Hall–Kier alpha value is -1.85. The molecule has 0 aromatic rings. The van der Waals surface area contributed by atoms with Gasteiger partial charge in [0.15, 0.2) is 6.10 Å². The lowest BCUT2D eigenvalue weighted by Crippen LogP contribution is -2.30. The summed E-state index contributed by atoms with van der Waals surface area (Å²) in [5.74, 6) is -0.870. The standard InChI is InChI=1S/C67H128O6/c1-4-7-10-13-15-17-19-21-23-24-25-26-27-28-29-30-31-32-33-34-35-36-37-38-39-40-41-42-44-45-47-49-51-54-57-60-66(69)72-63-64(62-71-65(68)59-56-53-12-9-6-3)73-67(70)61-58-55-52-50-48-46-43-22-20-18-16-14-11-8-5-2/h22,43,64H,4-21,23-42,44-63H2,1-3H3/b43-22-. The third-order valence-corrected chi connectivity index (χ3v) is 15.3. The van der Waals surface area contributed by atoms with Crippen LogP contribution in [-0.4, -0.2) is 37.2 Å². The second-order valence-electron chi connectivity index (χ2n) is 22.7. The van der Waals surface area contributed by atoms with Gasteiger partial charge in [-0.1, -0.05) is 328 Å². The van der Waals surface area contributed by atoms with E-state index in [0.29, 0.717) is 19.3 Å². The Morgan fingerprint density at radius 1 is 0.260 bits per heavy atom. The number of carbonyl (C=O) groups excluding carboxylic acids is 3. The van der Waals surface area contributed by atoms with Gasteiger partial charge in [-0.15, -0.1) is 0 Å².